The Hall–Kier alpha value is 0.0400. The molecule has 0 saturated carbocycles. The van der Waals surface area contributed by atoms with Crippen LogP contribution in [0, 0.1) is 0 Å². The molecule has 0 aromatic carbocycles. The second-order valence-electron chi connectivity index (χ2n) is 5.87. The van der Waals surface area contributed by atoms with E-state index in [1.54, 1.807) is 0 Å². The van der Waals surface area contributed by atoms with E-state index in [2.05, 4.69) is 23.5 Å². The molecular weight excluding hydrogens is 312 g/mol. The Morgan fingerprint density at radius 1 is 0.500 bits per heavy atom. The number of hydrogen-bond acceptors (Lipinski definition) is 4. The fourth-order valence-corrected chi connectivity index (χ4v) is 3.77. The number of Topliss-reactive ketones (excluding diaryl/α,β-unsaturated/α-hetero) is 2. The van der Waals surface area contributed by atoms with E-state index in [-0.39, 0.29) is 11.6 Å². The number of hydrogen-bond donors (Lipinski definition) is 0. The number of carbonyl (C=O) groups is 2. The lowest BCUT2D eigenvalue weighted by molar-refractivity contribution is -0.115. The molecule has 2 aliphatic heterocycles. The Balaban J connectivity index is 0. The molecule has 2 saturated heterocycles. The van der Waals surface area contributed by atoms with Crippen LogP contribution in [0.5, 0.6) is 0 Å². The summed E-state index contributed by atoms with van der Waals surface area (Å²) in [4.78, 5) is 18.9. The summed E-state index contributed by atoms with van der Waals surface area (Å²) >= 11 is 4.23. The van der Waals surface area contributed by atoms with E-state index in [9.17, 15) is 9.59 Å². The highest BCUT2D eigenvalue weighted by Gasteiger charge is 1.96. The van der Waals surface area contributed by atoms with E-state index < -0.39 is 0 Å². The average molecular weight is 349 g/mol. The van der Waals surface area contributed by atoms with E-state index in [4.69, 9.17) is 0 Å². The number of thioether (sulfide) groups is 2. The highest BCUT2D eigenvalue weighted by molar-refractivity contribution is 7.99. The van der Waals surface area contributed by atoms with Crippen molar-refractivity contribution in [2.24, 2.45) is 0 Å². The van der Waals surface area contributed by atoms with Gasteiger partial charge >= 0.3 is 0 Å². The zero-order valence-corrected chi connectivity index (χ0v) is 16.8. The Morgan fingerprint density at radius 3 is 0.864 bits per heavy atom. The summed E-state index contributed by atoms with van der Waals surface area (Å²) in [5.41, 5.74) is 0. The van der Waals surface area contributed by atoms with Gasteiger partial charge in [-0.25, -0.2) is 0 Å². The summed E-state index contributed by atoms with van der Waals surface area (Å²) in [6.45, 7) is 6.11. The molecule has 0 N–H and O–H groups in total. The molecule has 0 radical (unpaired) electrons. The molecule has 22 heavy (non-hydrogen) atoms. The maximum Gasteiger partial charge on any atom is 0.126 e. The highest BCUT2D eigenvalue weighted by Crippen LogP contribution is 2.15. The molecule has 0 bridgehead atoms. The van der Waals surface area contributed by atoms with Gasteiger partial charge in [0.05, 0.1) is 0 Å². The van der Waals surface area contributed by atoms with Crippen molar-refractivity contribution >= 4 is 35.1 Å². The van der Waals surface area contributed by atoms with Crippen LogP contribution >= 0.6 is 23.5 Å². The Morgan fingerprint density at radius 2 is 0.682 bits per heavy atom. The molecule has 132 valence electrons. The predicted octanol–water partition coefficient (Wildman–Crippen LogP) is 5.78. The van der Waals surface area contributed by atoms with Crippen LogP contribution in [0.25, 0.3) is 0 Å². The minimum Gasteiger partial charge on any atom is -0.300 e. The Kier molecular flexibility index (Phi) is 23.2. The molecular formula is C18H36O2S2. The van der Waals surface area contributed by atoms with E-state index in [1.807, 2.05) is 0 Å². The third-order valence-corrected chi connectivity index (χ3v) is 4.96. The van der Waals surface area contributed by atoms with Gasteiger partial charge in [0.25, 0.3) is 0 Å². The summed E-state index contributed by atoms with van der Waals surface area (Å²) in [6, 6.07) is 0. The summed E-state index contributed by atoms with van der Waals surface area (Å²) in [7, 11) is 0. The topological polar surface area (TPSA) is 34.1 Å². The summed E-state index contributed by atoms with van der Waals surface area (Å²) in [5.74, 6) is 6.00. The van der Waals surface area contributed by atoms with Gasteiger partial charge in [0.15, 0.2) is 0 Å². The van der Waals surface area contributed by atoms with Crippen LogP contribution < -0.4 is 0 Å². The van der Waals surface area contributed by atoms with Crippen LogP contribution in [0.4, 0.5) is 0 Å². The smallest absolute Gasteiger partial charge is 0.126 e. The first kappa shape index (κ1) is 24.3. The fourth-order valence-electron chi connectivity index (χ4n) is 1.73. The van der Waals surface area contributed by atoms with E-state index in [0.29, 0.717) is 0 Å². The fraction of sp³-hybridized carbons (Fsp3) is 0.889. The SMILES string of the molecule is C1CCCSCC1.C1CCCSCC1.CC(C)=O.CC(C)=O. The molecule has 2 aliphatic rings. The second-order valence-corrected chi connectivity index (χ2v) is 8.32. The van der Waals surface area contributed by atoms with Gasteiger partial charge in [0.1, 0.15) is 11.6 Å². The van der Waals surface area contributed by atoms with Crippen LogP contribution in [-0.2, 0) is 9.59 Å². The van der Waals surface area contributed by atoms with Gasteiger partial charge < -0.3 is 9.59 Å². The van der Waals surface area contributed by atoms with Crippen molar-refractivity contribution in [1.82, 2.24) is 0 Å². The standard InChI is InChI=1S/2C6H12S.2C3H6O/c2*1-2-4-6-7-5-3-1;2*1-3(2)4/h2*1-6H2;2*1-2H3. The van der Waals surface area contributed by atoms with Crippen LogP contribution in [0.2, 0.25) is 0 Å². The molecule has 0 spiro atoms. The number of carbonyl (C=O) groups excluding carboxylic acids is 2. The third-order valence-electron chi connectivity index (χ3n) is 2.65. The molecule has 0 aromatic heterocycles. The van der Waals surface area contributed by atoms with E-state index >= 15 is 0 Å². The Bertz CT molecular complexity index is 182. The van der Waals surface area contributed by atoms with Crippen molar-refractivity contribution in [3.05, 3.63) is 0 Å². The molecule has 0 aromatic rings. The average Bonchev–Trinajstić information content (AvgIpc) is 2.88. The van der Waals surface area contributed by atoms with Gasteiger partial charge in [-0.05, 0) is 76.4 Å². The van der Waals surface area contributed by atoms with Crippen molar-refractivity contribution in [3.63, 3.8) is 0 Å². The van der Waals surface area contributed by atoms with Crippen LogP contribution in [0.1, 0.15) is 79.1 Å². The first-order chi connectivity index (χ1) is 10.5. The van der Waals surface area contributed by atoms with Crippen LogP contribution in [0.3, 0.4) is 0 Å². The highest BCUT2D eigenvalue weighted by atomic mass is 32.2. The molecule has 0 atom stereocenters. The van der Waals surface area contributed by atoms with Crippen molar-refractivity contribution < 1.29 is 9.59 Å². The third kappa shape index (κ3) is 36.9. The summed E-state index contributed by atoms with van der Waals surface area (Å²) in [5, 5.41) is 0. The minimum atomic E-state index is 0.167. The number of rotatable bonds is 0. The molecule has 0 unspecified atom stereocenters. The van der Waals surface area contributed by atoms with Crippen LogP contribution in [0.15, 0.2) is 0 Å². The lowest BCUT2D eigenvalue weighted by Crippen LogP contribution is -1.71. The first-order valence-electron chi connectivity index (χ1n) is 8.56. The van der Waals surface area contributed by atoms with Crippen molar-refractivity contribution in [3.8, 4) is 0 Å². The van der Waals surface area contributed by atoms with Gasteiger partial charge in [-0.15, -0.1) is 0 Å². The minimum absolute atomic E-state index is 0.167. The largest absolute Gasteiger partial charge is 0.300 e. The summed E-state index contributed by atoms with van der Waals surface area (Å²) < 4.78 is 0. The quantitative estimate of drug-likeness (QED) is 0.556. The lowest BCUT2D eigenvalue weighted by atomic mass is 10.2. The normalized spacial score (nSPS) is 17.6. The Labute approximate surface area is 147 Å². The van der Waals surface area contributed by atoms with Gasteiger partial charge in [-0.3, -0.25) is 0 Å². The van der Waals surface area contributed by atoms with Crippen LogP contribution in [-0.4, -0.2) is 34.6 Å². The van der Waals surface area contributed by atoms with Crippen molar-refractivity contribution in [2.75, 3.05) is 23.0 Å². The predicted molar refractivity (Wildman–Crippen MR) is 104 cm³/mol. The maximum absolute atomic E-state index is 9.44. The molecule has 2 heterocycles. The molecule has 2 nitrogen and oxygen atoms in total. The van der Waals surface area contributed by atoms with Gasteiger partial charge in [-0.2, -0.15) is 23.5 Å². The zero-order chi connectivity index (χ0) is 17.1. The van der Waals surface area contributed by atoms with Crippen molar-refractivity contribution in [2.45, 2.75) is 79.1 Å². The summed E-state index contributed by atoms with van der Waals surface area (Å²) in [6.07, 6.45) is 11.8. The van der Waals surface area contributed by atoms with Crippen molar-refractivity contribution in [1.29, 1.82) is 0 Å². The maximum atomic E-state index is 9.44. The molecule has 2 rings (SSSR count). The lowest BCUT2D eigenvalue weighted by Gasteiger charge is -1.86. The molecule has 4 heteroatoms. The first-order valence-corrected chi connectivity index (χ1v) is 10.9. The van der Waals surface area contributed by atoms with E-state index in [1.165, 1.54) is 102 Å². The molecule has 0 amide bonds. The van der Waals surface area contributed by atoms with Gasteiger partial charge in [-0.1, -0.05) is 25.7 Å². The molecule has 0 aliphatic carbocycles. The monoisotopic (exact) mass is 348 g/mol. The van der Waals surface area contributed by atoms with E-state index in [0.717, 1.165) is 0 Å². The zero-order valence-electron chi connectivity index (χ0n) is 15.1. The number of ketones is 2. The second kappa shape index (κ2) is 21.0. The molecule has 2 fully saturated rings. The van der Waals surface area contributed by atoms with Gasteiger partial charge in [0.2, 0.25) is 0 Å². The van der Waals surface area contributed by atoms with Gasteiger partial charge in [0, 0.05) is 0 Å².